The summed E-state index contributed by atoms with van der Waals surface area (Å²) in [6, 6.07) is 15.5. The van der Waals surface area contributed by atoms with Crippen LogP contribution in [0, 0.1) is 0 Å². The molecule has 0 amide bonds. The van der Waals surface area contributed by atoms with Crippen LogP contribution in [0.15, 0.2) is 64.1 Å². The average molecular weight is 373 g/mol. The smallest absolute Gasteiger partial charge is 0.308 e. The highest BCUT2D eigenvalue weighted by Gasteiger charge is 2.34. The Bertz CT molecular complexity index is 921. The summed E-state index contributed by atoms with van der Waals surface area (Å²) >= 11 is 5.83. The molecule has 3 rings (SSSR count). The van der Waals surface area contributed by atoms with E-state index >= 15 is 0 Å². The van der Waals surface area contributed by atoms with Gasteiger partial charge in [-0.25, -0.2) is 0 Å². The zero-order chi connectivity index (χ0) is 18.7. The van der Waals surface area contributed by atoms with Crippen LogP contribution >= 0.6 is 11.6 Å². The molecule has 3 N–H and O–H groups in total. The van der Waals surface area contributed by atoms with Crippen molar-refractivity contribution >= 4 is 29.1 Å². The summed E-state index contributed by atoms with van der Waals surface area (Å²) in [5.74, 6) is -0.800. The van der Waals surface area contributed by atoms with Crippen molar-refractivity contribution in [3.8, 4) is 0 Å². The van der Waals surface area contributed by atoms with Crippen molar-refractivity contribution in [2.75, 3.05) is 5.73 Å². The molecule has 0 radical (unpaired) electrons. The van der Waals surface area contributed by atoms with E-state index < -0.39 is 11.5 Å². The minimum Gasteiger partial charge on any atom is -0.854 e. The Morgan fingerprint density at radius 1 is 1.27 bits per heavy atom. The van der Waals surface area contributed by atoms with Gasteiger partial charge >= 0.3 is 11.6 Å². The molecule has 26 heavy (non-hydrogen) atoms. The van der Waals surface area contributed by atoms with Crippen LogP contribution in [0.4, 0.5) is 11.6 Å². The molecule has 2 aromatic carbocycles. The van der Waals surface area contributed by atoms with E-state index in [4.69, 9.17) is 21.9 Å². The Labute approximate surface area is 154 Å². The first-order valence-corrected chi connectivity index (χ1v) is 8.19. The van der Waals surface area contributed by atoms with Gasteiger partial charge in [-0.15, -0.1) is 0 Å². The first-order chi connectivity index (χ1) is 12.4. The van der Waals surface area contributed by atoms with Crippen LogP contribution in [0.1, 0.15) is 18.2 Å². The average Bonchev–Trinajstić information content (AvgIpc) is 2.97. The molecule has 0 spiro atoms. The highest BCUT2D eigenvalue weighted by molar-refractivity contribution is 6.30. The van der Waals surface area contributed by atoms with Crippen molar-refractivity contribution in [3.05, 3.63) is 70.9 Å². The standard InChI is InChI=1S/C18H17ClN4O3/c1-18(25,12-5-3-2-4-6-12)11-23-15(16(20)26-22-23)17(24)21-14-9-7-13(19)8-10-14/h2-10,25H,11H2,1H3,(H2-,20,21,22,24). The van der Waals surface area contributed by atoms with Crippen molar-refractivity contribution in [1.82, 2.24) is 5.27 Å². The first kappa shape index (κ1) is 17.9. The zero-order valence-electron chi connectivity index (χ0n) is 14.0. The highest BCUT2D eigenvalue weighted by atomic mass is 35.5. The lowest BCUT2D eigenvalue weighted by molar-refractivity contribution is -0.776. The lowest BCUT2D eigenvalue weighted by Gasteiger charge is -2.19. The number of nitrogens with zero attached hydrogens (tertiary/aromatic N) is 3. The minimum atomic E-state index is -1.29. The topological polar surface area (TPSA) is 112 Å². The van der Waals surface area contributed by atoms with E-state index in [0.717, 1.165) is 0 Å². The Kier molecular flexibility index (Phi) is 4.92. The fraction of sp³-hybridized carbons (Fsp3) is 0.167. The van der Waals surface area contributed by atoms with E-state index in [9.17, 15) is 10.2 Å². The highest BCUT2D eigenvalue weighted by Crippen LogP contribution is 2.21. The summed E-state index contributed by atoms with van der Waals surface area (Å²) in [7, 11) is 0. The summed E-state index contributed by atoms with van der Waals surface area (Å²) in [4.78, 5) is 3.99. The van der Waals surface area contributed by atoms with E-state index in [-0.39, 0.29) is 18.1 Å². The van der Waals surface area contributed by atoms with E-state index in [1.54, 1.807) is 43.3 Å². The molecule has 7 nitrogen and oxygen atoms in total. The van der Waals surface area contributed by atoms with Crippen molar-refractivity contribution in [2.24, 2.45) is 4.99 Å². The maximum atomic E-state index is 12.5. The molecular weight excluding hydrogens is 356 g/mol. The van der Waals surface area contributed by atoms with Gasteiger partial charge in [0.1, 0.15) is 5.60 Å². The summed E-state index contributed by atoms with van der Waals surface area (Å²) in [5, 5.41) is 27.6. The van der Waals surface area contributed by atoms with Gasteiger partial charge in [-0.2, -0.15) is 0 Å². The maximum Gasteiger partial charge on any atom is 0.308 e. The molecule has 0 aliphatic rings. The number of aliphatic imine (C=N–C) groups is 1. The van der Waals surface area contributed by atoms with Crippen molar-refractivity contribution in [1.29, 1.82) is 0 Å². The van der Waals surface area contributed by atoms with E-state index in [1.807, 2.05) is 18.2 Å². The molecule has 0 bridgehead atoms. The Morgan fingerprint density at radius 3 is 2.58 bits per heavy atom. The molecule has 3 aromatic rings. The predicted molar refractivity (Wildman–Crippen MR) is 94.8 cm³/mol. The van der Waals surface area contributed by atoms with Gasteiger partial charge in [0.05, 0.1) is 11.6 Å². The number of aromatic nitrogens is 2. The molecular formula is C18H17ClN4O3. The van der Waals surface area contributed by atoms with Crippen LogP contribution in [0.5, 0.6) is 0 Å². The number of nitrogen functional groups attached to an aromatic ring is 1. The van der Waals surface area contributed by atoms with Gasteiger partial charge < -0.3 is 15.9 Å². The molecule has 0 fully saturated rings. The minimum absolute atomic E-state index is 0.0313. The third kappa shape index (κ3) is 3.84. The molecule has 1 unspecified atom stereocenters. The van der Waals surface area contributed by atoms with E-state index in [2.05, 4.69) is 10.3 Å². The molecule has 0 saturated carbocycles. The van der Waals surface area contributed by atoms with Gasteiger partial charge in [-0.1, -0.05) is 41.9 Å². The van der Waals surface area contributed by atoms with Crippen LogP contribution in [0.25, 0.3) is 0 Å². The molecule has 0 aliphatic carbocycles. The van der Waals surface area contributed by atoms with Gasteiger partial charge in [-0.05, 0) is 41.4 Å². The molecule has 1 atom stereocenters. The van der Waals surface area contributed by atoms with Gasteiger partial charge in [-0.3, -0.25) is 9.52 Å². The number of benzene rings is 2. The second kappa shape index (κ2) is 7.15. The second-order valence-electron chi connectivity index (χ2n) is 5.98. The predicted octanol–water partition coefficient (Wildman–Crippen LogP) is 1.54. The van der Waals surface area contributed by atoms with E-state index in [1.165, 1.54) is 4.68 Å². The number of hydrogen-bond donors (Lipinski definition) is 2. The molecule has 1 heterocycles. The van der Waals surface area contributed by atoms with Gasteiger partial charge in [0.15, 0.2) is 0 Å². The summed E-state index contributed by atoms with van der Waals surface area (Å²) in [6.45, 7) is 1.58. The summed E-state index contributed by atoms with van der Waals surface area (Å²) < 4.78 is 6.15. The molecule has 8 heteroatoms. The lowest BCUT2D eigenvalue weighted by Crippen LogP contribution is -2.51. The van der Waals surface area contributed by atoms with E-state index in [0.29, 0.717) is 16.3 Å². The van der Waals surface area contributed by atoms with Crippen molar-refractivity contribution < 1.29 is 19.4 Å². The van der Waals surface area contributed by atoms with Crippen LogP contribution in [0.3, 0.4) is 0 Å². The van der Waals surface area contributed by atoms with Crippen LogP contribution < -0.4 is 15.5 Å². The SMILES string of the molecule is CC(O)(C[n+]1noc(N)c1C([O-])=Nc1ccc(Cl)cc1)c1ccccc1. The molecule has 0 saturated heterocycles. The third-order valence-electron chi connectivity index (χ3n) is 3.84. The molecule has 0 aliphatic heterocycles. The van der Waals surface area contributed by atoms with Gasteiger partial charge in [0.2, 0.25) is 11.8 Å². The monoisotopic (exact) mass is 372 g/mol. The van der Waals surface area contributed by atoms with Crippen LogP contribution in [-0.4, -0.2) is 16.3 Å². The van der Waals surface area contributed by atoms with Crippen LogP contribution in [0.2, 0.25) is 5.02 Å². The number of anilines is 1. The number of hydrogen-bond acceptors (Lipinski definition) is 6. The number of aliphatic hydroxyl groups is 1. The van der Waals surface area contributed by atoms with Gasteiger partial charge in [0.25, 0.3) is 0 Å². The number of halogens is 1. The zero-order valence-corrected chi connectivity index (χ0v) is 14.7. The normalized spacial score (nSPS) is 14.2. The van der Waals surface area contributed by atoms with Crippen molar-refractivity contribution in [2.45, 2.75) is 19.1 Å². The Morgan fingerprint density at radius 2 is 1.92 bits per heavy atom. The molecule has 134 valence electrons. The Hall–Kier alpha value is -2.90. The molecule has 1 aromatic heterocycles. The fourth-order valence-corrected chi connectivity index (χ4v) is 2.62. The quantitative estimate of drug-likeness (QED) is 0.401. The van der Waals surface area contributed by atoms with Crippen LogP contribution in [-0.2, 0) is 12.1 Å². The summed E-state index contributed by atoms with van der Waals surface area (Å²) in [6.07, 6.45) is 0. The fourth-order valence-electron chi connectivity index (χ4n) is 2.49. The lowest BCUT2D eigenvalue weighted by atomic mass is 9.96. The second-order valence-corrected chi connectivity index (χ2v) is 6.41. The number of rotatable bonds is 5. The number of nitrogens with two attached hydrogens (primary N) is 1. The van der Waals surface area contributed by atoms with Gasteiger partial charge in [0, 0.05) is 5.02 Å². The van der Waals surface area contributed by atoms with Crippen molar-refractivity contribution in [3.63, 3.8) is 0 Å². The largest absolute Gasteiger partial charge is 0.854 e. The maximum absolute atomic E-state index is 12.5. The summed E-state index contributed by atoms with van der Waals surface area (Å²) in [5.41, 5.74) is 5.51. The Balaban J connectivity index is 1.93. The first-order valence-electron chi connectivity index (χ1n) is 7.81. The third-order valence-corrected chi connectivity index (χ3v) is 4.09.